The summed E-state index contributed by atoms with van der Waals surface area (Å²) in [5.41, 5.74) is 3.67. The van der Waals surface area contributed by atoms with E-state index in [1.54, 1.807) is 0 Å². The normalized spacial score (nSPS) is 16.8. The first kappa shape index (κ1) is 22.7. The Kier molecular flexibility index (Phi) is 7.37. The fourth-order valence-electron chi connectivity index (χ4n) is 4.65. The molecule has 174 valence electrons. The molecule has 0 bridgehead atoms. The minimum atomic E-state index is -0.00143. The Morgan fingerprint density at radius 1 is 0.969 bits per heavy atom. The largest absolute Gasteiger partial charge is 0.486 e. The number of aryl methyl sites for hydroxylation is 1. The van der Waals surface area contributed by atoms with Gasteiger partial charge in [0, 0.05) is 55.9 Å². The Hall–Kier alpha value is -2.51. The van der Waals surface area contributed by atoms with Gasteiger partial charge in [-0.1, -0.05) is 6.92 Å². The Balaban J connectivity index is 1.29. The second-order valence-electron chi connectivity index (χ2n) is 8.69. The molecule has 1 aromatic carbocycles. The van der Waals surface area contributed by atoms with Gasteiger partial charge in [-0.05, 0) is 58.0 Å². The predicted octanol–water partition coefficient (Wildman–Crippen LogP) is 3.01. The highest BCUT2D eigenvalue weighted by Crippen LogP contribution is 2.33. The number of aromatic nitrogens is 1. The Morgan fingerprint density at radius 3 is 2.44 bits per heavy atom. The maximum absolute atomic E-state index is 12.8. The lowest BCUT2D eigenvalue weighted by atomic mass is 10.2. The second kappa shape index (κ2) is 10.4. The van der Waals surface area contributed by atoms with Gasteiger partial charge in [-0.15, -0.1) is 0 Å². The Morgan fingerprint density at radius 2 is 1.69 bits per heavy atom. The monoisotopic (exact) mass is 440 g/mol. The summed E-state index contributed by atoms with van der Waals surface area (Å²) in [6.45, 7) is 15.0. The number of carbonyl (C=O) groups is 1. The molecule has 7 nitrogen and oxygen atoms in total. The molecular formula is C25H36N4O3. The van der Waals surface area contributed by atoms with Crippen LogP contribution in [0.5, 0.6) is 11.5 Å². The molecule has 4 rings (SSSR count). The summed E-state index contributed by atoms with van der Waals surface area (Å²) in [5.74, 6) is 1.52. The van der Waals surface area contributed by atoms with Crippen molar-refractivity contribution in [2.45, 2.75) is 33.6 Å². The molecule has 1 saturated heterocycles. The topological polar surface area (TPSA) is 59.0 Å². The molecule has 1 fully saturated rings. The number of likely N-dealkylation sites (N-methyl/N-ethyl adjacent to an activating group) is 1. The van der Waals surface area contributed by atoms with Crippen LogP contribution in [0.25, 0.3) is 5.69 Å². The first-order valence-electron chi connectivity index (χ1n) is 11.9. The molecule has 2 aromatic rings. The van der Waals surface area contributed by atoms with E-state index in [9.17, 15) is 4.79 Å². The fourth-order valence-corrected chi connectivity index (χ4v) is 4.65. The number of hydrogen-bond donors (Lipinski definition) is 1. The highest BCUT2D eigenvalue weighted by atomic mass is 16.6. The highest BCUT2D eigenvalue weighted by molar-refractivity contribution is 5.95. The molecule has 0 spiro atoms. The van der Waals surface area contributed by atoms with Crippen LogP contribution in [0.4, 0.5) is 0 Å². The minimum Gasteiger partial charge on any atom is -0.486 e. The predicted molar refractivity (Wildman–Crippen MR) is 126 cm³/mol. The van der Waals surface area contributed by atoms with Gasteiger partial charge >= 0.3 is 0 Å². The van der Waals surface area contributed by atoms with E-state index in [2.05, 4.69) is 26.6 Å². The van der Waals surface area contributed by atoms with Crippen LogP contribution in [0.2, 0.25) is 0 Å². The zero-order valence-corrected chi connectivity index (χ0v) is 19.7. The quantitative estimate of drug-likeness (QED) is 0.640. The number of amides is 1. The summed E-state index contributed by atoms with van der Waals surface area (Å²) in [6, 6.07) is 7.89. The summed E-state index contributed by atoms with van der Waals surface area (Å²) < 4.78 is 13.5. The van der Waals surface area contributed by atoms with E-state index in [0.29, 0.717) is 19.8 Å². The van der Waals surface area contributed by atoms with Crippen molar-refractivity contribution in [2.24, 2.45) is 0 Å². The zero-order chi connectivity index (χ0) is 22.5. The molecule has 0 unspecified atom stereocenters. The van der Waals surface area contributed by atoms with Crippen molar-refractivity contribution in [3.05, 3.63) is 41.2 Å². The second-order valence-corrected chi connectivity index (χ2v) is 8.69. The van der Waals surface area contributed by atoms with Crippen molar-refractivity contribution in [1.82, 2.24) is 19.7 Å². The number of piperazine rings is 1. The molecule has 0 saturated carbocycles. The molecule has 0 atom stereocenters. The maximum Gasteiger partial charge on any atom is 0.253 e. The average Bonchev–Trinajstić information content (AvgIpc) is 3.12. The molecule has 2 aliphatic rings. The summed E-state index contributed by atoms with van der Waals surface area (Å²) in [4.78, 5) is 17.9. The van der Waals surface area contributed by atoms with E-state index in [1.807, 2.05) is 38.1 Å². The number of carbonyl (C=O) groups excluding carboxylic acids is 1. The van der Waals surface area contributed by atoms with Gasteiger partial charge in [0.05, 0.1) is 5.56 Å². The SMILES string of the molecule is CCN1CCN(CCCCNC(=O)c2cc(C)n(-c3ccc4c(c3)OCCO4)c2C)CC1. The lowest BCUT2D eigenvalue weighted by Crippen LogP contribution is -2.46. The third-order valence-electron chi connectivity index (χ3n) is 6.56. The van der Waals surface area contributed by atoms with Crippen molar-refractivity contribution in [3.63, 3.8) is 0 Å². The van der Waals surface area contributed by atoms with E-state index >= 15 is 0 Å². The van der Waals surface area contributed by atoms with Crippen molar-refractivity contribution < 1.29 is 14.3 Å². The molecule has 2 aliphatic heterocycles. The molecule has 0 radical (unpaired) electrons. The minimum absolute atomic E-state index is 0.00143. The van der Waals surface area contributed by atoms with Crippen LogP contribution in [-0.2, 0) is 0 Å². The summed E-state index contributed by atoms with van der Waals surface area (Å²) >= 11 is 0. The molecule has 32 heavy (non-hydrogen) atoms. The van der Waals surface area contributed by atoms with E-state index < -0.39 is 0 Å². The summed E-state index contributed by atoms with van der Waals surface area (Å²) in [6.07, 6.45) is 2.11. The van der Waals surface area contributed by atoms with Crippen molar-refractivity contribution in [1.29, 1.82) is 0 Å². The van der Waals surface area contributed by atoms with E-state index in [4.69, 9.17) is 9.47 Å². The van der Waals surface area contributed by atoms with Gasteiger partial charge in [0.15, 0.2) is 11.5 Å². The molecule has 0 aliphatic carbocycles. The van der Waals surface area contributed by atoms with E-state index in [-0.39, 0.29) is 5.91 Å². The highest BCUT2D eigenvalue weighted by Gasteiger charge is 2.19. The maximum atomic E-state index is 12.8. The Labute approximate surface area is 191 Å². The molecule has 3 heterocycles. The van der Waals surface area contributed by atoms with Crippen molar-refractivity contribution in [3.8, 4) is 17.2 Å². The van der Waals surface area contributed by atoms with Crippen LogP contribution >= 0.6 is 0 Å². The lowest BCUT2D eigenvalue weighted by molar-refractivity contribution is 0.0951. The van der Waals surface area contributed by atoms with Crippen LogP contribution in [0.15, 0.2) is 24.3 Å². The van der Waals surface area contributed by atoms with Gasteiger partial charge in [0.1, 0.15) is 13.2 Å². The van der Waals surface area contributed by atoms with Crippen LogP contribution < -0.4 is 14.8 Å². The smallest absolute Gasteiger partial charge is 0.253 e. The zero-order valence-electron chi connectivity index (χ0n) is 19.7. The van der Waals surface area contributed by atoms with Gasteiger partial charge in [-0.25, -0.2) is 0 Å². The van der Waals surface area contributed by atoms with Crippen LogP contribution in [-0.4, -0.2) is 79.3 Å². The number of ether oxygens (including phenoxy) is 2. The van der Waals surface area contributed by atoms with Crippen molar-refractivity contribution in [2.75, 3.05) is 59.0 Å². The molecule has 1 N–H and O–H groups in total. The van der Waals surface area contributed by atoms with Crippen LogP contribution in [0.1, 0.15) is 41.5 Å². The number of rotatable bonds is 8. The lowest BCUT2D eigenvalue weighted by Gasteiger charge is -2.33. The number of fused-ring (bicyclic) bond motifs is 1. The number of nitrogens with one attached hydrogen (secondary N) is 1. The third kappa shape index (κ3) is 5.10. The number of unbranched alkanes of at least 4 members (excludes halogenated alkanes) is 1. The number of nitrogens with zero attached hydrogens (tertiary/aromatic N) is 3. The van der Waals surface area contributed by atoms with Gasteiger partial charge in [0.2, 0.25) is 0 Å². The van der Waals surface area contributed by atoms with E-state index in [0.717, 1.165) is 73.2 Å². The molecule has 1 aromatic heterocycles. The first-order valence-corrected chi connectivity index (χ1v) is 11.9. The Bertz CT molecular complexity index is 932. The third-order valence-corrected chi connectivity index (χ3v) is 6.56. The van der Waals surface area contributed by atoms with Crippen LogP contribution in [0.3, 0.4) is 0 Å². The van der Waals surface area contributed by atoms with E-state index in [1.165, 1.54) is 13.1 Å². The number of hydrogen-bond acceptors (Lipinski definition) is 5. The average molecular weight is 441 g/mol. The van der Waals surface area contributed by atoms with Gasteiger partial charge in [-0.3, -0.25) is 4.79 Å². The molecule has 7 heteroatoms. The van der Waals surface area contributed by atoms with Crippen molar-refractivity contribution >= 4 is 5.91 Å². The fraction of sp³-hybridized carbons (Fsp3) is 0.560. The summed E-state index contributed by atoms with van der Waals surface area (Å²) in [7, 11) is 0. The number of benzene rings is 1. The van der Waals surface area contributed by atoms with Gasteiger partial charge < -0.3 is 29.2 Å². The summed E-state index contributed by atoms with van der Waals surface area (Å²) in [5, 5.41) is 3.11. The van der Waals surface area contributed by atoms with Crippen LogP contribution in [0, 0.1) is 13.8 Å². The van der Waals surface area contributed by atoms with Gasteiger partial charge in [0.25, 0.3) is 5.91 Å². The van der Waals surface area contributed by atoms with Gasteiger partial charge in [-0.2, -0.15) is 0 Å². The molecular weight excluding hydrogens is 404 g/mol. The first-order chi connectivity index (χ1) is 15.6. The standard InChI is InChI=1S/C25H36N4O3/c1-4-27-11-13-28(14-12-27)10-6-5-9-26-25(30)22-17-19(2)29(20(22)3)21-7-8-23-24(18-21)32-16-15-31-23/h7-8,17-18H,4-6,9-16H2,1-3H3,(H,26,30). The molecule has 1 amide bonds.